The molecule has 1 N–H and O–H groups in total. The number of hydrogen-bond donors (Lipinski definition) is 1. The summed E-state index contributed by atoms with van der Waals surface area (Å²) in [5.41, 5.74) is 6.05. The van der Waals surface area contributed by atoms with Gasteiger partial charge in [-0.05, 0) is 50.2 Å². The normalized spacial score (nSPS) is 17.7. The fourth-order valence-corrected chi connectivity index (χ4v) is 4.07. The van der Waals surface area contributed by atoms with Crippen molar-refractivity contribution in [2.45, 2.75) is 25.4 Å². The number of nitrogens with zero attached hydrogens (tertiary/aromatic N) is 3. The van der Waals surface area contributed by atoms with Crippen LogP contribution in [-0.2, 0) is 6.54 Å². The lowest BCUT2D eigenvalue weighted by molar-refractivity contribution is 0.215. The van der Waals surface area contributed by atoms with E-state index < -0.39 is 0 Å². The molecule has 1 saturated heterocycles. The second-order valence-corrected chi connectivity index (χ2v) is 7.69. The summed E-state index contributed by atoms with van der Waals surface area (Å²) in [5, 5.41) is 7.52. The topological polar surface area (TPSA) is 35.2 Å². The maximum Gasteiger partial charge on any atom is 0.0695 e. The Bertz CT molecular complexity index is 854. The average Bonchev–Trinajstić information content (AvgIpc) is 3.32. The van der Waals surface area contributed by atoms with E-state index in [1.807, 2.05) is 6.20 Å². The van der Waals surface area contributed by atoms with E-state index >= 15 is 0 Å². The summed E-state index contributed by atoms with van der Waals surface area (Å²) in [4.78, 5) is 4.90. The van der Waals surface area contributed by atoms with Crippen molar-refractivity contribution in [3.63, 3.8) is 0 Å². The molecular weight excluding hydrogens is 332 g/mol. The molecule has 1 aliphatic heterocycles. The molecule has 2 aromatic carbocycles. The quantitative estimate of drug-likeness (QED) is 0.713. The first-order chi connectivity index (χ1) is 13.2. The Morgan fingerprint density at radius 2 is 1.74 bits per heavy atom. The summed E-state index contributed by atoms with van der Waals surface area (Å²) in [6, 6.07) is 19.9. The van der Waals surface area contributed by atoms with Gasteiger partial charge < -0.3 is 9.80 Å². The van der Waals surface area contributed by atoms with Crippen LogP contribution in [-0.4, -0.2) is 53.2 Å². The molecule has 0 spiro atoms. The molecule has 0 amide bonds. The van der Waals surface area contributed by atoms with Gasteiger partial charge in [0, 0.05) is 24.7 Å². The van der Waals surface area contributed by atoms with Gasteiger partial charge >= 0.3 is 0 Å². The molecule has 2 heterocycles. The number of benzene rings is 2. The monoisotopic (exact) mass is 360 g/mol. The smallest absolute Gasteiger partial charge is 0.0695 e. The maximum atomic E-state index is 4.32. The van der Waals surface area contributed by atoms with Crippen LogP contribution >= 0.6 is 0 Å². The van der Waals surface area contributed by atoms with Gasteiger partial charge in [0.1, 0.15) is 0 Å². The van der Waals surface area contributed by atoms with Crippen molar-refractivity contribution < 1.29 is 0 Å². The highest BCUT2D eigenvalue weighted by molar-refractivity contribution is 5.69. The van der Waals surface area contributed by atoms with E-state index in [1.54, 1.807) is 0 Å². The molecule has 1 fully saturated rings. The van der Waals surface area contributed by atoms with E-state index in [2.05, 4.69) is 88.7 Å². The molecule has 0 saturated carbocycles. The highest BCUT2D eigenvalue weighted by Gasteiger charge is 2.22. The molecule has 1 aromatic heterocycles. The van der Waals surface area contributed by atoms with Crippen LogP contribution in [0, 0.1) is 0 Å². The van der Waals surface area contributed by atoms with Crippen LogP contribution in [0.1, 0.15) is 18.4 Å². The zero-order valence-corrected chi connectivity index (χ0v) is 16.2. The minimum atomic E-state index is 0.676. The number of H-pyrrole nitrogens is 1. The van der Waals surface area contributed by atoms with Gasteiger partial charge in [0.25, 0.3) is 0 Å². The number of aromatic nitrogens is 2. The largest absolute Gasteiger partial charge is 0.302 e. The Labute approximate surface area is 161 Å². The summed E-state index contributed by atoms with van der Waals surface area (Å²) < 4.78 is 0. The van der Waals surface area contributed by atoms with E-state index in [9.17, 15) is 0 Å². The molecule has 1 unspecified atom stereocenters. The van der Waals surface area contributed by atoms with Gasteiger partial charge in [0.05, 0.1) is 11.9 Å². The van der Waals surface area contributed by atoms with Crippen molar-refractivity contribution in [1.29, 1.82) is 0 Å². The zero-order valence-electron chi connectivity index (χ0n) is 16.2. The molecule has 4 nitrogen and oxygen atoms in total. The Kier molecular flexibility index (Phi) is 5.37. The van der Waals surface area contributed by atoms with Crippen LogP contribution in [0.4, 0.5) is 0 Å². The van der Waals surface area contributed by atoms with Gasteiger partial charge in [-0.15, -0.1) is 0 Å². The number of likely N-dealkylation sites (tertiary alicyclic amines) is 1. The van der Waals surface area contributed by atoms with E-state index in [4.69, 9.17) is 0 Å². The standard InChI is InChI=1S/C23H28N4/c1-26(17-22-9-6-14-27(22)2)16-21-15-24-25-23(21)20-12-10-19(11-13-20)18-7-4-3-5-8-18/h3-5,7-8,10-13,15,22H,6,9,14,16-17H2,1-2H3,(H,24,25). The molecule has 4 heteroatoms. The van der Waals surface area contributed by atoms with Gasteiger partial charge in [-0.1, -0.05) is 54.6 Å². The van der Waals surface area contributed by atoms with Gasteiger partial charge in [-0.3, -0.25) is 5.10 Å². The van der Waals surface area contributed by atoms with Crippen molar-refractivity contribution in [3.05, 3.63) is 66.4 Å². The highest BCUT2D eigenvalue weighted by atomic mass is 15.2. The first-order valence-corrected chi connectivity index (χ1v) is 9.77. The lowest BCUT2D eigenvalue weighted by Crippen LogP contribution is -2.36. The second kappa shape index (κ2) is 8.07. The van der Waals surface area contributed by atoms with Gasteiger partial charge in [0.2, 0.25) is 0 Å². The first-order valence-electron chi connectivity index (χ1n) is 9.77. The van der Waals surface area contributed by atoms with Crippen LogP contribution in [0.25, 0.3) is 22.4 Å². The van der Waals surface area contributed by atoms with Crippen LogP contribution in [0.3, 0.4) is 0 Å². The minimum absolute atomic E-state index is 0.676. The fraction of sp³-hybridized carbons (Fsp3) is 0.348. The Hall–Kier alpha value is -2.43. The molecular formula is C23H28N4. The molecule has 1 aliphatic rings. The third kappa shape index (κ3) is 4.12. The van der Waals surface area contributed by atoms with Gasteiger partial charge in [-0.2, -0.15) is 5.10 Å². The van der Waals surface area contributed by atoms with Gasteiger partial charge in [-0.25, -0.2) is 0 Å². The third-order valence-electron chi connectivity index (χ3n) is 5.63. The number of nitrogens with one attached hydrogen (secondary N) is 1. The first kappa shape index (κ1) is 18.0. The van der Waals surface area contributed by atoms with E-state index in [1.165, 1.54) is 41.6 Å². The molecule has 1 atom stereocenters. The van der Waals surface area contributed by atoms with Crippen LogP contribution < -0.4 is 0 Å². The molecule has 0 radical (unpaired) electrons. The maximum absolute atomic E-state index is 4.32. The predicted molar refractivity (Wildman–Crippen MR) is 111 cm³/mol. The lowest BCUT2D eigenvalue weighted by Gasteiger charge is -2.25. The van der Waals surface area contributed by atoms with Crippen molar-refractivity contribution >= 4 is 0 Å². The third-order valence-corrected chi connectivity index (χ3v) is 5.63. The Morgan fingerprint density at radius 3 is 2.44 bits per heavy atom. The number of rotatable bonds is 6. The average molecular weight is 361 g/mol. The van der Waals surface area contributed by atoms with Gasteiger partial charge in [0.15, 0.2) is 0 Å². The SMILES string of the molecule is CN(Cc1cn[nH]c1-c1ccc(-c2ccccc2)cc1)CC1CCCN1C. The summed E-state index contributed by atoms with van der Waals surface area (Å²) in [7, 11) is 4.45. The highest BCUT2D eigenvalue weighted by Crippen LogP contribution is 2.26. The van der Waals surface area contributed by atoms with Crippen molar-refractivity contribution in [2.24, 2.45) is 0 Å². The zero-order chi connectivity index (χ0) is 18.6. The molecule has 140 valence electrons. The number of hydrogen-bond acceptors (Lipinski definition) is 3. The number of likely N-dealkylation sites (N-methyl/N-ethyl adjacent to an activating group) is 2. The summed E-state index contributed by atoms with van der Waals surface area (Å²) >= 11 is 0. The molecule has 0 bridgehead atoms. The Morgan fingerprint density at radius 1 is 1.04 bits per heavy atom. The number of aromatic amines is 1. The summed E-state index contributed by atoms with van der Waals surface area (Å²) in [6.45, 7) is 3.24. The van der Waals surface area contributed by atoms with E-state index in [0.717, 1.165) is 18.8 Å². The van der Waals surface area contributed by atoms with Crippen molar-refractivity contribution in [3.8, 4) is 22.4 Å². The lowest BCUT2D eigenvalue weighted by atomic mass is 10.0. The predicted octanol–water partition coefficient (Wildman–Crippen LogP) is 4.27. The molecule has 3 aromatic rings. The molecule has 4 rings (SSSR count). The van der Waals surface area contributed by atoms with Crippen LogP contribution in [0.15, 0.2) is 60.8 Å². The van der Waals surface area contributed by atoms with Crippen molar-refractivity contribution in [2.75, 3.05) is 27.2 Å². The second-order valence-electron chi connectivity index (χ2n) is 7.69. The molecule has 0 aliphatic carbocycles. The summed E-state index contributed by atoms with van der Waals surface area (Å²) in [5.74, 6) is 0. The van der Waals surface area contributed by atoms with E-state index in [-0.39, 0.29) is 0 Å². The minimum Gasteiger partial charge on any atom is -0.302 e. The van der Waals surface area contributed by atoms with E-state index in [0.29, 0.717) is 6.04 Å². The van der Waals surface area contributed by atoms with Crippen molar-refractivity contribution in [1.82, 2.24) is 20.0 Å². The van der Waals surface area contributed by atoms with Crippen LogP contribution in [0.5, 0.6) is 0 Å². The van der Waals surface area contributed by atoms with Crippen LogP contribution in [0.2, 0.25) is 0 Å². The molecule has 27 heavy (non-hydrogen) atoms. The Balaban J connectivity index is 1.46. The fourth-order valence-electron chi connectivity index (χ4n) is 4.07. The summed E-state index contributed by atoms with van der Waals surface area (Å²) in [6.07, 6.45) is 4.59.